The van der Waals surface area contributed by atoms with Gasteiger partial charge in [0, 0.05) is 32.0 Å². The summed E-state index contributed by atoms with van der Waals surface area (Å²) in [6, 6.07) is 10.5. The lowest BCUT2D eigenvalue weighted by atomic mass is 10.2. The van der Waals surface area contributed by atoms with Crippen molar-refractivity contribution >= 4 is 0 Å². The Kier molecular flexibility index (Phi) is 3.67. The zero-order valence-corrected chi connectivity index (χ0v) is 13.3. The summed E-state index contributed by atoms with van der Waals surface area (Å²) in [7, 11) is 0. The molecule has 6 nitrogen and oxygen atoms in total. The molecule has 3 heterocycles. The van der Waals surface area contributed by atoms with Crippen molar-refractivity contribution in [2.24, 2.45) is 0 Å². The first kappa shape index (κ1) is 14.1. The van der Waals surface area contributed by atoms with Crippen molar-refractivity contribution < 1.29 is 0 Å². The number of rotatable bonds is 4. The average molecular weight is 308 g/mol. The van der Waals surface area contributed by atoms with E-state index in [2.05, 4.69) is 59.7 Å². The molecule has 0 amide bonds. The minimum Gasteiger partial charge on any atom is -0.329 e. The van der Waals surface area contributed by atoms with Gasteiger partial charge in [0.1, 0.15) is 17.5 Å². The molecule has 0 saturated heterocycles. The van der Waals surface area contributed by atoms with Crippen molar-refractivity contribution in [3.63, 3.8) is 0 Å². The minimum absolute atomic E-state index is 0.832. The van der Waals surface area contributed by atoms with E-state index in [1.165, 1.54) is 5.56 Å². The fraction of sp³-hybridized carbons (Fsp3) is 0.353. The van der Waals surface area contributed by atoms with E-state index in [-0.39, 0.29) is 0 Å². The molecule has 0 radical (unpaired) electrons. The van der Waals surface area contributed by atoms with E-state index < -0.39 is 0 Å². The summed E-state index contributed by atoms with van der Waals surface area (Å²) >= 11 is 0. The second kappa shape index (κ2) is 5.96. The van der Waals surface area contributed by atoms with E-state index in [4.69, 9.17) is 0 Å². The van der Waals surface area contributed by atoms with Crippen LogP contribution in [0.3, 0.4) is 0 Å². The molecule has 0 N–H and O–H groups in total. The summed E-state index contributed by atoms with van der Waals surface area (Å²) in [4.78, 5) is 6.93. The molecule has 0 spiro atoms. The first-order valence-corrected chi connectivity index (χ1v) is 7.94. The molecule has 0 unspecified atom stereocenters. The van der Waals surface area contributed by atoms with E-state index in [0.29, 0.717) is 0 Å². The van der Waals surface area contributed by atoms with Crippen molar-refractivity contribution in [2.75, 3.05) is 6.54 Å². The van der Waals surface area contributed by atoms with E-state index in [9.17, 15) is 0 Å². The molecule has 0 bridgehead atoms. The molecule has 23 heavy (non-hydrogen) atoms. The van der Waals surface area contributed by atoms with Gasteiger partial charge in [0.15, 0.2) is 0 Å². The van der Waals surface area contributed by atoms with Crippen LogP contribution in [0.25, 0.3) is 0 Å². The Morgan fingerprint density at radius 1 is 1.04 bits per heavy atom. The third-order valence-corrected chi connectivity index (χ3v) is 4.38. The highest BCUT2D eigenvalue weighted by atomic mass is 15.3. The average Bonchev–Trinajstić information content (AvgIpc) is 3.16. The SMILES string of the molecule is Cc1nnc2n1CCN(Cc1nccn1Cc1ccccc1)C2. The van der Waals surface area contributed by atoms with Gasteiger partial charge in [0.05, 0.1) is 13.1 Å². The van der Waals surface area contributed by atoms with Crippen LogP contribution < -0.4 is 0 Å². The van der Waals surface area contributed by atoms with Gasteiger partial charge in [0.25, 0.3) is 0 Å². The molecule has 3 aromatic rings. The quantitative estimate of drug-likeness (QED) is 0.738. The van der Waals surface area contributed by atoms with Gasteiger partial charge < -0.3 is 9.13 Å². The zero-order valence-electron chi connectivity index (χ0n) is 13.3. The molecular formula is C17H20N6. The molecule has 0 saturated carbocycles. The lowest BCUT2D eigenvalue weighted by Crippen LogP contribution is -2.34. The predicted molar refractivity (Wildman–Crippen MR) is 86.6 cm³/mol. The van der Waals surface area contributed by atoms with E-state index in [1.807, 2.05) is 19.2 Å². The molecule has 1 aromatic carbocycles. The van der Waals surface area contributed by atoms with E-state index >= 15 is 0 Å². The van der Waals surface area contributed by atoms with Gasteiger partial charge in [-0.1, -0.05) is 30.3 Å². The van der Waals surface area contributed by atoms with Crippen LogP contribution in [0.5, 0.6) is 0 Å². The van der Waals surface area contributed by atoms with Gasteiger partial charge in [-0.2, -0.15) is 0 Å². The highest BCUT2D eigenvalue weighted by Crippen LogP contribution is 2.15. The van der Waals surface area contributed by atoms with Crippen LogP contribution in [-0.2, 0) is 26.2 Å². The van der Waals surface area contributed by atoms with Gasteiger partial charge in [0.2, 0.25) is 0 Å². The number of hydrogen-bond acceptors (Lipinski definition) is 4. The summed E-state index contributed by atoms with van der Waals surface area (Å²) in [6.45, 7) is 6.50. The Bertz CT molecular complexity index is 789. The summed E-state index contributed by atoms with van der Waals surface area (Å²) in [5.74, 6) is 3.15. The van der Waals surface area contributed by atoms with Crippen LogP contribution >= 0.6 is 0 Å². The van der Waals surface area contributed by atoms with E-state index in [1.54, 1.807) is 0 Å². The smallest absolute Gasteiger partial charge is 0.147 e. The maximum Gasteiger partial charge on any atom is 0.147 e. The van der Waals surface area contributed by atoms with Gasteiger partial charge in [-0.25, -0.2) is 4.98 Å². The number of benzene rings is 1. The standard InChI is InChI=1S/C17H20N6/c1-14-19-20-17-13-21(9-10-23(14)17)12-16-18-7-8-22(16)11-15-5-3-2-4-6-15/h2-8H,9-13H2,1H3. The molecule has 0 atom stereocenters. The van der Waals surface area contributed by atoms with Gasteiger partial charge >= 0.3 is 0 Å². The Labute approximate surface area is 135 Å². The predicted octanol–water partition coefficient (Wildman–Crippen LogP) is 1.85. The van der Waals surface area contributed by atoms with Gasteiger partial charge in [-0.15, -0.1) is 10.2 Å². The Hall–Kier alpha value is -2.47. The second-order valence-corrected chi connectivity index (χ2v) is 5.98. The van der Waals surface area contributed by atoms with Crippen molar-refractivity contribution in [3.8, 4) is 0 Å². The first-order chi connectivity index (χ1) is 11.3. The molecule has 2 aromatic heterocycles. The number of imidazole rings is 1. The van der Waals surface area contributed by atoms with Crippen LogP contribution in [0.2, 0.25) is 0 Å². The summed E-state index contributed by atoms with van der Waals surface area (Å²) in [6.07, 6.45) is 3.94. The monoisotopic (exact) mass is 308 g/mol. The third kappa shape index (κ3) is 2.90. The van der Waals surface area contributed by atoms with Crippen molar-refractivity contribution in [1.82, 2.24) is 29.2 Å². The topological polar surface area (TPSA) is 51.8 Å². The zero-order chi connectivity index (χ0) is 15.6. The van der Waals surface area contributed by atoms with Crippen LogP contribution in [-0.4, -0.2) is 35.8 Å². The summed E-state index contributed by atoms with van der Waals surface area (Å²) in [5, 5.41) is 8.44. The van der Waals surface area contributed by atoms with Crippen LogP contribution in [0.1, 0.15) is 23.0 Å². The molecule has 0 aliphatic carbocycles. The molecule has 4 rings (SSSR count). The van der Waals surface area contributed by atoms with Crippen LogP contribution in [0.15, 0.2) is 42.7 Å². The fourth-order valence-corrected chi connectivity index (χ4v) is 3.10. The molecule has 1 aliphatic heterocycles. The van der Waals surface area contributed by atoms with Gasteiger partial charge in [-0.3, -0.25) is 4.90 Å². The number of aromatic nitrogens is 5. The number of aryl methyl sites for hydroxylation is 1. The highest BCUT2D eigenvalue weighted by molar-refractivity contribution is 5.15. The van der Waals surface area contributed by atoms with Crippen LogP contribution in [0.4, 0.5) is 0 Å². The van der Waals surface area contributed by atoms with Crippen LogP contribution in [0, 0.1) is 6.92 Å². The highest BCUT2D eigenvalue weighted by Gasteiger charge is 2.20. The summed E-state index contributed by atoms with van der Waals surface area (Å²) < 4.78 is 4.42. The maximum absolute atomic E-state index is 4.55. The second-order valence-electron chi connectivity index (χ2n) is 5.98. The largest absolute Gasteiger partial charge is 0.329 e. The molecular weight excluding hydrogens is 288 g/mol. The number of hydrogen-bond donors (Lipinski definition) is 0. The summed E-state index contributed by atoms with van der Waals surface area (Å²) in [5.41, 5.74) is 1.29. The lowest BCUT2D eigenvalue weighted by Gasteiger charge is -2.27. The third-order valence-electron chi connectivity index (χ3n) is 4.38. The number of nitrogens with zero attached hydrogens (tertiary/aromatic N) is 6. The van der Waals surface area contributed by atoms with Crippen molar-refractivity contribution in [2.45, 2.75) is 33.1 Å². The van der Waals surface area contributed by atoms with Crippen molar-refractivity contribution in [1.29, 1.82) is 0 Å². The molecule has 118 valence electrons. The first-order valence-electron chi connectivity index (χ1n) is 7.94. The Balaban J connectivity index is 1.47. The molecule has 1 aliphatic rings. The normalized spacial score (nSPS) is 14.8. The Morgan fingerprint density at radius 2 is 1.91 bits per heavy atom. The van der Waals surface area contributed by atoms with Crippen molar-refractivity contribution in [3.05, 3.63) is 65.8 Å². The molecule has 6 heteroatoms. The maximum atomic E-state index is 4.55. The Morgan fingerprint density at radius 3 is 2.78 bits per heavy atom. The fourth-order valence-electron chi connectivity index (χ4n) is 3.10. The minimum atomic E-state index is 0.832. The number of fused-ring (bicyclic) bond motifs is 1. The lowest BCUT2D eigenvalue weighted by molar-refractivity contribution is 0.200. The molecule has 0 fully saturated rings. The van der Waals surface area contributed by atoms with E-state index in [0.717, 1.165) is 50.2 Å². The van der Waals surface area contributed by atoms with Gasteiger partial charge in [-0.05, 0) is 12.5 Å².